The van der Waals surface area contributed by atoms with Gasteiger partial charge in [-0.3, -0.25) is 9.69 Å². The number of nitrogens with zero attached hydrogens (tertiary/aromatic N) is 1. The molecule has 1 amide bonds. The van der Waals surface area contributed by atoms with Crippen molar-refractivity contribution < 1.29 is 19.0 Å². The Morgan fingerprint density at radius 1 is 1.09 bits per heavy atom. The number of rotatable bonds is 10. The zero-order chi connectivity index (χ0) is 23.1. The number of benzene rings is 2. The lowest BCUT2D eigenvalue weighted by Gasteiger charge is -2.30. The quantitative estimate of drug-likeness (QED) is 0.521. The molecular weight excluding hydrogens is 404 g/mol. The van der Waals surface area contributed by atoms with Gasteiger partial charge in [0.2, 0.25) is 12.7 Å². The molecule has 0 radical (unpaired) electrons. The van der Waals surface area contributed by atoms with Crippen LogP contribution in [0.5, 0.6) is 17.2 Å². The summed E-state index contributed by atoms with van der Waals surface area (Å²) in [5.41, 5.74) is 2.72. The van der Waals surface area contributed by atoms with Crippen LogP contribution in [0.1, 0.15) is 45.2 Å². The van der Waals surface area contributed by atoms with Crippen molar-refractivity contribution in [1.29, 1.82) is 0 Å². The number of nitrogens with one attached hydrogen (secondary N) is 1. The van der Waals surface area contributed by atoms with E-state index in [1.54, 1.807) is 13.2 Å². The second kappa shape index (κ2) is 11.0. The Hall–Kier alpha value is -2.99. The van der Waals surface area contributed by atoms with Crippen LogP contribution in [-0.2, 0) is 11.2 Å². The number of anilines is 1. The van der Waals surface area contributed by atoms with E-state index in [1.807, 2.05) is 36.4 Å². The Balaban J connectivity index is 1.60. The van der Waals surface area contributed by atoms with Crippen LogP contribution >= 0.6 is 0 Å². The van der Waals surface area contributed by atoms with Crippen LogP contribution in [-0.4, -0.2) is 43.3 Å². The van der Waals surface area contributed by atoms with Gasteiger partial charge in [-0.05, 0) is 94.6 Å². The van der Waals surface area contributed by atoms with Crippen molar-refractivity contribution in [3.05, 3.63) is 53.6 Å². The van der Waals surface area contributed by atoms with E-state index in [0.29, 0.717) is 17.8 Å². The van der Waals surface area contributed by atoms with Crippen molar-refractivity contribution in [1.82, 2.24) is 4.90 Å². The first-order valence-electron chi connectivity index (χ1n) is 11.2. The zero-order valence-electron chi connectivity index (χ0n) is 19.7. The van der Waals surface area contributed by atoms with Crippen molar-refractivity contribution in [2.24, 2.45) is 0 Å². The molecule has 1 aliphatic rings. The Bertz CT molecular complexity index is 945. The number of aryl methyl sites for hydroxylation is 1. The largest absolute Gasteiger partial charge is 0.496 e. The molecule has 6 heteroatoms. The summed E-state index contributed by atoms with van der Waals surface area (Å²) in [6.07, 6.45) is 5.18. The molecule has 0 atom stereocenters. The molecule has 1 N–H and O–H groups in total. The van der Waals surface area contributed by atoms with Crippen molar-refractivity contribution in [3.8, 4) is 17.2 Å². The molecule has 1 aliphatic heterocycles. The summed E-state index contributed by atoms with van der Waals surface area (Å²) in [6.45, 7) is 10.2. The molecule has 32 heavy (non-hydrogen) atoms. The standard InChI is InChI=1S/C26H34N2O4/c1-18(2)28(19(3)4)14-6-7-21-16-22(10-12-23(21)30-5)27-26(29)13-9-20-8-11-24-25(15-20)32-17-31-24/h8-13,15-16,18-19H,6-7,14,17H2,1-5H3,(H,27,29). The first-order valence-corrected chi connectivity index (χ1v) is 11.2. The van der Waals surface area contributed by atoms with Crippen LogP contribution in [0.2, 0.25) is 0 Å². The normalized spacial score (nSPS) is 12.9. The van der Waals surface area contributed by atoms with Gasteiger partial charge in [-0.25, -0.2) is 0 Å². The summed E-state index contributed by atoms with van der Waals surface area (Å²) in [7, 11) is 1.68. The SMILES string of the molecule is COc1ccc(NC(=O)C=Cc2ccc3c(c2)OCO3)cc1CCCN(C(C)C)C(C)C. The molecule has 0 spiro atoms. The van der Waals surface area contributed by atoms with Gasteiger partial charge in [0.25, 0.3) is 0 Å². The monoisotopic (exact) mass is 438 g/mol. The van der Waals surface area contributed by atoms with Crippen molar-refractivity contribution >= 4 is 17.7 Å². The van der Waals surface area contributed by atoms with Crippen LogP contribution in [0.25, 0.3) is 6.08 Å². The third kappa shape index (κ3) is 6.26. The minimum atomic E-state index is -0.190. The van der Waals surface area contributed by atoms with Gasteiger partial charge in [-0.1, -0.05) is 6.07 Å². The molecule has 6 nitrogen and oxygen atoms in total. The Kier molecular flexibility index (Phi) is 8.17. The highest BCUT2D eigenvalue weighted by Gasteiger charge is 2.14. The van der Waals surface area contributed by atoms with E-state index in [0.717, 1.165) is 47.7 Å². The summed E-state index contributed by atoms with van der Waals surface area (Å²) in [5.74, 6) is 2.08. The molecule has 3 rings (SSSR count). The van der Waals surface area contributed by atoms with Crippen molar-refractivity contribution in [2.75, 3.05) is 25.8 Å². The van der Waals surface area contributed by atoms with E-state index in [-0.39, 0.29) is 12.7 Å². The van der Waals surface area contributed by atoms with Crippen LogP contribution in [0.4, 0.5) is 5.69 Å². The minimum Gasteiger partial charge on any atom is -0.496 e. The fraction of sp³-hybridized carbons (Fsp3) is 0.423. The second-order valence-corrected chi connectivity index (χ2v) is 8.49. The van der Waals surface area contributed by atoms with Crippen LogP contribution < -0.4 is 19.5 Å². The van der Waals surface area contributed by atoms with Gasteiger partial charge in [0.15, 0.2) is 11.5 Å². The lowest BCUT2D eigenvalue weighted by molar-refractivity contribution is -0.111. The van der Waals surface area contributed by atoms with E-state index in [9.17, 15) is 4.79 Å². The number of hydrogen-bond donors (Lipinski definition) is 1. The smallest absolute Gasteiger partial charge is 0.248 e. The molecule has 2 aromatic rings. The number of carbonyl (C=O) groups excluding carboxylic acids is 1. The molecule has 0 aliphatic carbocycles. The van der Waals surface area contributed by atoms with Gasteiger partial charge in [0, 0.05) is 23.8 Å². The van der Waals surface area contributed by atoms with E-state index in [4.69, 9.17) is 14.2 Å². The average molecular weight is 439 g/mol. The fourth-order valence-electron chi connectivity index (χ4n) is 3.99. The Morgan fingerprint density at radius 2 is 1.84 bits per heavy atom. The molecular formula is C26H34N2O4. The van der Waals surface area contributed by atoms with Crippen LogP contribution in [0.15, 0.2) is 42.5 Å². The number of amides is 1. The van der Waals surface area contributed by atoms with Gasteiger partial charge >= 0.3 is 0 Å². The first-order chi connectivity index (χ1) is 15.4. The number of methoxy groups -OCH3 is 1. The highest BCUT2D eigenvalue weighted by molar-refractivity contribution is 6.02. The third-order valence-electron chi connectivity index (χ3n) is 5.56. The second-order valence-electron chi connectivity index (χ2n) is 8.49. The molecule has 2 aromatic carbocycles. The average Bonchev–Trinajstić information content (AvgIpc) is 3.23. The van der Waals surface area contributed by atoms with Crippen molar-refractivity contribution in [3.63, 3.8) is 0 Å². The number of fused-ring (bicyclic) bond motifs is 1. The van der Waals surface area contributed by atoms with Crippen LogP contribution in [0.3, 0.4) is 0 Å². The highest BCUT2D eigenvalue weighted by Crippen LogP contribution is 2.32. The molecule has 0 saturated heterocycles. The number of carbonyl (C=O) groups is 1. The molecule has 0 bridgehead atoms. The lowest BCUT2D eigenvalue weighted by atomic mass is 10.1. The maximum absolute atomic E-state index is 12.4. The summed E-state index contributed by atoms with van der Waals surface area (Å²) in [5, 5.41) is 2.94. The molecule has 0 saturated carbocycles. The molecule has 0 unspecified atom stereocenters. The summed E-state index contributed by atoms with van der Waals surface area (Å²) >= 11 is 0. The van der Waals surface area contributed by atoms with Gasteiger partial charge < -0.3 is 19.5 Å². The molecule has 0 fully saturated rings. The zero-order valence-corrected chi connectivity index (χ0v) is 19.7. The van der Waals surface area contributed by atoms with Gasteiger partial charge in [-0.15, -0.1) is 0 Å². The lowest BCUT2D eigenvalue weighted by Crippen LogP contribution is -2.37. The minimum absolute atomic E-state index is 0.190. The third-order valence-corrected chi connectivity index (χ3v) is 5.56. The number of hydrogen-bond acceptors (Lipinski definition) is 5. The van der Waals surface area contributed by atoms with Gasteiger partial charge in [0.1, 0.15) is 5.75 Å². The molecule has 0 aromatic heterocycles. The number of ether oxygens (including phenoxy) is 3. The van der Waals surface area contributed by atoms with E-state index >= 15 is 0 Å². The summed E-state index contributed by atoms with van der Waals surface area (Å²) < 4.78 is 16.2. The van der Waals surface area contributed by atoms with E-state index < -0.39 is 0 Å². The van der Waals surface area contributed by atoms with E-state index in [1.165, 1.54) is 6.08 Å². The summed E-state index contributed by atoms with van der Waals surface area (Å²) in [6, 6.07) is 12.4. The maximum atomic E-state index is 12.4. The topological polar surface area (TPSA) is 60.0 Å². The van der Waals surface area contributed by atoms with Gasteiger partial charge in [-0.2, -0.15) is 0 Å². The van der Waals surface area contributed by atoms with Crippen molar-refractivity contribution in [2.45, 2.75) is 52.6 Å². The maximum Gasteiger partial charge on any atom is 0.248 e. The Morgan fingerprint density at radius 3 is 2.56 bits per heavy atom. The molecule has 172 valence electrons. The van der Waals surface area contributed by atoms with Gasteiger partial charge in [0.05, 0.1) is 7.11 Å². The predicted molar refractivity (Wildman–Crippen MR) is 129 cm³/mol. The molecule has 1 heterocycles. The van der Waals surface area contributed by atoms with Crippen LogP contribution in [0, 0.1) is 0 Å². The summed E-state index contributed by atoms with van der Waals surface area (Å²) in [4.78, 5) is 14.9. The predicted octanol–water partition coefficient (Wildman–Crippen LogP) is 5.13. The van der Waals surface area contributed by atoms with E-state index in [2.05, 4.69) is 37.9 Å². The fourth-order valence-corrected chi connectivity index (χ4v) is 3.99. The highest BCUT2D eigenvalue weighted by atomic mass is 16.7. The Labute approximate surface area is 191 Å². The first kappa shape index (κ1) is 23.7.